The lowest BCUT2D eigenvalue weighted by molar-refractivity contribution is -0.236. The maximum Gasteiger partial charge on any atom is 0.417 e. The molecule has 0 aliphatic rings. The van der Waals surface area contributed by atoms with Crippen LogP contribution in [0.1, 0.15) is 64.9 Å². The molecule has 0 aromatic heterocycles. The third-order valence-corrected chi connectivity index (χ3v) is 4.28. The molecule has 8 heteroatoms. The molecular formula is C21H32N2O6. The summed E-state index contributed by atoms with van der Waals surface area (Å²) in [6.45, 7) is 6.96. The zero-order valence-corrected chi connectivity index (χ0v) is 17.6. The molecule has 0 aliphatic heterocycles. The van der Waals surface area contributed by atoms with Gasteiger partial charge in [-0.2, -0.15) is 5.26 Å². The topological polar surface area (TPSA) is 119 Å². The summed E-state index contributed by atoms with van der Waals surface area (Å²) < 4.78 is 5.35. The molecule has 162 valence electrons. The number of benzene rings is 1. The molecule has 0 aliphatic carbocycles. The summed E-state index contributed by atoms with van der Waals surface area (Å²) in [4.78, 5) is 42.3. The Balaban J connectivity index is 3.03. The Morgan fingerprint density at radius 1 is 1.14 bits per heavy atom. The summed E-state index contributed by atoms with van der Waals surface area (Å²) in [7, 11) is 0. The second-order valence-electron chi connectivity index (χ2n) is 7.88. The van der Waals surface area contributed by atoms with E-state index in [0.717, 1.165) is 17.7 Å². The first-order chi connectivity index (χ1) is 13.6. The minimum absolute atomic E-state index is 0.0505. The molecule has 0 radical (unpaired) electrons. The fraction of sp³-hybridized carbons (Fsp3) is 0.571. The van der Waals surface area contributed by atoms with E-state index in [1.54, 1.807) is 51.1 Å². The van der Waals surface area contributed by atoms with Crippen molar-refractivity contribution >= 4 is 18.0 Å². The minimum atomic E-state index is -0.872. The van der Waals surface area contributed by atoms with E-state index in [4.69, 9.17) is 15.7 Å². The Bertz CT molecular complexity index is 671. The van der Waals surface area contributed by atoms with Crippen LogP contribution in [0.5, 0.6) is 0 Å². The van der Waals surface area contributed by atoms with Crippen molar-refractivity contribution in [1.82, 2.24) is 4.90 Å². The van der Waals surface area contributed by atoms with Gasteiger partial charge in [-0.1, -0.05) is 50.1 Å². The summed E-state index contributed by atoms with van der Waals surface area (Å²) in [6.07, 6.45) is 1.29. The predicted octanol–water partition coefficient (Wildman–Crippen LogP) is 3.46. The van der Waals surface area contributed by atoms with Gasteiger partial charge in [-0.25, -0.2) is 14.5 Å². The van der Waals surface area contributed by atoms with Gasteiger partial charge in [0.05, 0.1) is 12.0 Å². The number of carbonyl (C=O) groups is 3. The van der Waals surface area contributed by atoms with Crippen LogP contribution in [0.25, 0.3) is 0 Å². The van der Waals surface area contributed by atoms with Crippen molar-refractivity contribution in [2.45, 2.75) is 70.9 Å². The van der Waals surface area contributed by atoms with Gasteiger partial charge in [0, 0.05) is 6.54 Å². The zero-order valence-electron chi connectivity index (χ0n) is 17.6. The maximum atomic E-state index is 12.8. The molecule has 3 N–H and O–H groups in total. The van der Waals surface area contributed by atoms with E-state index in [2.05, 4.69) is 4.89 Å². The molecule has 0 spiro atoms. The van der Waals surface area contributed by atoms with E-state index >= 15 is 0 Å². The lowest BCUT2D eigenvalue weighted by Crippen LogP contribution is -2.49. The Labute approximate surface area is 171 Å². The van der Waals surface area contributed by atoms with Gasteiger partial charge in [-0.3, -0.25) is 4.79 Å². The first kappa shape index (κ1) is 24.6. The van der Waals surface area contributed by atoms with E-state index < -0.39 is 35.5 Å². The van der Waals surface area contributed by atoms with Gasteiger partial charge in [0.2, 0.25) is 5.91 Å². The summed E-state index contributed by atoms with van der Waals surface area (Å²) in [5, 5.41) is 8.85. The van der Waals surface area contributed by atoms with E-state index in [-0.39, 0.29) is 13.0 Å². The molecular weight excluding hydrogens is 376 g/mol. The first-order valence-electron chi connectivity index (χ1n) is 9.80. The van der Waals surface area contributed by atoms with Crippen molar-refractivity contribution in [3.05, 3.63) is 35.9 Å². The molecule has 0 bridgehead atoms. The van der Waals surface area contributed by atoms with E-state index in [0.29, 0.717) is 12.0 Å². The van der Waals surface area contributed by atoms with Crippen LogP contribution in [0, 0.1) is 0 Å². The highest BCUT2D eigenvalue weighted by molar-refractivity contribution is 5.95. The molecule has 1 aromatic rings. The number of hydrogen-bond donors (Lipinski definition) is 2. The van der Waals surface area contributed by atoms with Crippen LogP contribution in [0.2, 0.25) is 0 Å². The van der Waals surface area contributed by atoms with Crippen LogP contribution >= 0.6 is 0 Å². The molecule has 1 aromatic carbocycles. The fourth-order valence-electron chi connectivity index (χ4n) is 2.78. The Morgan fingerprint density at radius 2 is 1.76 bits per heavy atom. The number of nitrogens with two attached hydrogens (primary N) is 1. The lowest BCUT2D eigenvalue weighted by atomic mass is 9.95. The first-order valence-corrected chi connectivity index (χ1v) is 9.80. The normalized spacial score (nSPS) is 13.3. The smallest absolute Gasteiger partial charge is 0.417 e. The largest absolute Gasteiger partial charge is 0.443 e. The highest BCUT2D eigenvalue weighted by atomic mass is 17.1. The number of imide groups is 1. The van der Waals surface area contributed by atoms with Crippen molar-refractivity contribution < 1.29 is 29.3 Å². The number of nitrogens with zero attached hydrogens (tertiary/aromatic N) is 1. The molecule has 0 heterocycles. The monoisotopic (exact) mass is 408 g/mol. The van der Waals surface area contributed by atoms with Gasteiger partial charge in [0.15, 0.2) is 0 Å². The van der Waals surface area contributed by atoms with Crippen LogP contribution in [-0.2, 0) is 19.2 Å². The number of hydrogen-bond acceptors (Lipinski definition) is 7. The number of ether oxygens (including phenoxy) is 1. The van der Waals surface area contributed by atoms with E-state index in [1.807, 2.05) is 6.92 Å². The molecule has 0 saturated heterocycles. The SMILES string of the molecule is CCCC[C@H](N)C(=O)N(CCC(C(=O)OO)c1ccccc1)C(=O)OC(C)(C)C. The van der Waals surface area contributed by atoms with Crippen molar-refractivity contribution in [2.75, 3.05) is 6.54 Å². The molecule has 2 amide bonds. The van der Waals surface area contributed by atoms with Gasteiger partial charge < -0.3 is 15.4 Å². The Hall–Kier alpha value is -2.45. The summed E-state index contributed by atoms with van der Waals surface area (Å²) in [5.74, 6) is -2.29. The van der Waals surface area contributed by atoms with Crippen molar-refractivity contribution in [3.63, 3.8) is 0 Å². The fourth-order valence-corrected chi connectivity index (χ4v) is 2.78. The summed E-state index contributed by atoms with van der Waals surface area (Å²) in [6, 6.07) is 7.83. The number of unbranched alkanes of at least 4 members (excludes halogenated alkanes) is 1. The van der Waals surface area contributed by atoms with Gasteiger partial charge >= 0.3 is 12.1 Å². The average Bonchev–Trinajstić information content (AvgIpc) is 2.67. The molecule has 1 unspecified atom stereocenters. The maximum absolute atomic E-state index is 12.8. The molecule has 0 saturated carbocycles. The van der Waals surface area contributed by atoms with E-state index in [1.165, 1.54) is 0 Å². The predicted molar refractivity (Wildman–Crippen MR) is 108 cm³/mol. The second kappa shape index (κ2) is 11.5. The van der Waals surface area contributed by atoms with Crippen LogP contribution < -0.4 is 5.73 Å². The van der Waals surface area contributed by atoms with Crippen LogP contribution in [0.4, 0.5) is 4.79 Å². The van der Waals surface area contributed by atoms with Gasteiger partial charge in [0.1, 0.15) is 5.60 Å². The molecule has 2 atom stereocenters. The van der Waals surface area contributed by atoms with Gasteiger partial charge in [-0.05, 0) is 39.2 Å². The highest BCUT2D eigenvalue weighted by Crippen LogP contribution is 2.22. The zero-order chi connectivity index (χ0) is 22.0. The van der Waals surface area contributed by atoms with E-state index in [9.17, 15) is 14.4 Å². The van der Waals surface area contributed by atoms with Crippen LogP contribution in [-0.4, -0.2) is 46.3 Å². The van der Waals surface area contributed by atoms with Crippen molar-refractivity contribution in [1.29, 1.82) is 0 Å². The Morgan fingerprint density at radius 3 is 2.28 bits per heavy atom. The van der Waals surface area contributed by atoms with Crippen LogP contribution in [0.15, 0.2) is 30.3 Å². The molecule has 0 fully saturated rings. The highest BCUT2D eigenvalue weighted by Gasteiger charge is 2.32. The Kier molecular flexibility index (Phi) is 9.77. The molecule has 8 nitrogen and oxygen atoms in total. The number of carbonyl (C=O) groups excluding carboxylic acids is 3. The summed E-state index contributed by atoms with van der Waals surface area (Å²) in [5.41, 5.74) is 5.77. The van der Waals surface area contributed by atoms with Gasteiger partial charge in [-0.15, -0.1) is 0 Å². The number of amides is 2. The third kappa shape index (κ3) is 8.21. The van der Waals surface area contributed by atoms with Gasteiger partial charge in [0.25, 0.3) is 0 Å². The lowest BCUT2D eigenvalue weighted by Gasteiger charge is -2.28. The summed E-state index contributed by atoms with van der Waals surface area (Å²) >= 11 is 0. The average molecular weight is 408 g/mol. The quantitative estimate of drug-likeness (QED) is 0.474. The standard InChI is InChI=1S/C21H32N2O6/c1-5-6-12-17(22)18(24)23(20(26)28-21(2,3)4)14-13-16(19(25)29-27)15-10-8-7-9-11-15/h7-11,16-17,27H,5-6,12-14,22H2,1-4H3/t16?,17-/m0/s1. The van der Waals surface area contributed by atoms with Crippen molar-refractivity contribution in [2.24, 2.45) is 5.73 Å². The minimum Gasteiger partial charge on any atom is -0.443 e. The molecule has 1 rings (SSSR count). The third-order valence-electron chi connectivity index (χ3n) is 4.28. The molecule has 29 heavy (non-hydrogen) atoms. The van der Waals surface area contributed by atoms with Crippen LogP contribution in [0.3, 0.4) is 0 Å². The van der Waals surface area contributed by atoms with Crippen molar-refractivity contribution in [3.8, 4) is 0 Å². The second-order valence-corrected chi connectivity index (χ2v) is 7.88. The number of rotatable bonds is 9.